The van der Waals surface area contributed by atoms with Crippen molar-refractivity contribution < 1.29 is 0 Å². The average Bonchev–Trinajstić information content (AvgIpc) is 1.57. The van der Waals surface area contributed by atoms with Crippen LogP contribution in [0.25, 0.3) is 155 Å². The van der Waals surface area contributed by atoms with Gasteiger partial charge in [-0.1, -0.05) is 255 Å². The predicted octanol–water partition coefficient (Wildman–Crippen LogP) is 25.2. The van der Waals surface area contributed by atoms with Crippen LogP contribution in [-0.2, 0) is 0 Å². The van der Waals surface area contributed by atoms with Gasteiger partial charge in [0.25, 0.3) is 0 Å². The summed E-state index contributed by atoms with van der Waals surface area (Å²) < 4.78 is 4.93. The first-order chi connectivity index (χ1) is 49.5. The Hall–Kier alpha value is -13.4. The number of para-hydroxylation sites is 3. The van der Waals surface area contributed by atoms with Crippen LogP contribution in [0.5, 0.6) is 0 Å². The molecule has 6 heterocycles. The Morgan fingerprint density at radius 1 is 0.180 bits per heavy atom. The van der Waals surface area contributed by atoms with E-state index in [1.165, 1.54) is 43.6 Å². The van der Waals surface area contributed by atoms with Crippen molar-refractivity contribution >= 4 is 77.7 Å². The van der Waals surface area contributed by atoms with Crippen molar-refractivity contribution in [1.82, 2.24) is 19.1 Å². The van der Waals surface area contributed by atoms with Gasteiger partial charge in [-0.15, -0.1) is 0 Å². The molecular formula is C94H60N6. The zero-order chi connectivity index (χ0) is 65.8. The summed E-state index contributed by atoms with van der Waals surface area (Å²) in [7, 11) is 0. The third-order valence-electron chi connectivity index (χ3n) is 20.3. The summed E-state index contributed by atoms with van der Waals surface area (Å²) in [6.45, 7) is 0. The van der Waals surface area contributed by atoms with E-state index in [0.29, 0.717) is 0 Å². The Kier molecular flexibility index (Phi) is 13.2. The lowest BCUT2D eigenvalue weighted by Gasteiger charge is -2.27. The van der Waals surface area contributed by atoms with Crippen LogP contribution in [0.4, 0.5) is 34.4 Å². The van der Waals surface area contributed by atoms with E-state index in [2.05, 4.69) is 383 Å². The minimum atomic E-state index is 0.890. The first kappa shape index (κ1) is 56.9. The molecule has 0 bridgehead atoms. The number of pyridine rings is 2. The fourth-order valence-corrected chi connectivity index (χ4v) is 15.5. The van der Waals surface area contributed by atoms with Gasteiger partial charge in [0.2, 0.25) is 0 Å². The third kappa shape index (κ3) is 9.56. The molecular weight excluding hydrogens is 1210 g/mol. The molecule has 2 aliphatic heterocycles. The largest absolute Gasteiger partial charge is 0.295 e. The van der Waals surface area contributed by atoms with Crippen LogP contribution in [0.1, 0.15) is 0 Å². The summed E-state index contributed by atoms with van der Waals surface area (Å²) in [5.41, 5.74) is 27.9. The summed E-state index contributed by atoms with van der Waals surface area (Å²) >= 11 is 0. The van der Waals surface area contributed by atoms with Gasteiger partial charge in [-0.25, -0.2) is 9.97 Å². The molecule has 0 saturated heterocycles. The molecule has 20 rings (SSSR count). The lowest BCUT2D eigenvalue weighted by molar-refractivity contribution is 1.09. The molecule has 18 aromatic rings. The molecule has 0 aliphatic carbocycles. The van der Waals surface area contributed by atoms with Gasteiger partial charge in [-0.05, 0) is 164 Å². The van der Waals surface area contributed by atoms with Gasteiger partial charge in [-0.2, -0.15) is 0 Å². The number of rotatable bonds is 9. The quantitative estimate of drug-likeness (QED) is 0.144. The van der Waals surface area contributed by atoms with Gasteiger partial charge in [-0.3, -0.25) is 18.9 Å². The Balaban J connectivity index is 0.722. The van der Waals surface area contributed by atoms with Crippen molar-refractivity contribution in [2.75, 3.05) is 9.80 Å². The second kappa shape index (κ2) is 23.2. The minimum absolute atomic E-state index is 0.890. The van der Waals surface area contributed by atoms with E-state index >= 15 is 0 Å². The van der Waals surface area contributed by atoms with Gasteiger partial charge in [0.1, 0.15) is 11.6 Å². The highest BCUT2D eigenvalue weighted by molar-refractivity contribution is 6.06. The number of hydrogen-bond donors (Lipinski definition) is 0. The van der Waals surface area contributed by atoms with Crippen molar-refractivity contribution in [1.29, 1.82) is 0 Å². The zero-order valence-electron chi connectivity index (χ0n) is 54.3. The third-order valence-corrected chi connectivity index (χ3v) is 20.3. The second-order valence-electron chi connectivity index (χ2n) is 26.2. The molecule has 0 spiro atoms. The first-order valence-electron chi connectivity index (χ1n) is 34.2. The topological polar surface area (TPSA) is 42.1 Å². The number of nitrogens with zero attached hydrogens (tertiary/aromatic N) is 6. The van der Waals surface area contributed by atoms with E-state index in [0.717, 1.165) is 146 Å². The van der Waals surface area contributed by atoms with Gasteiger partial charge >= 0.3 is 0 Å². The molecule has 6 heteroatoms. The fraction of sp³-hybridized carbons (Fsp3) is 0. The van der Waals surface area contributed by atoms with Crippen LogP contribution >= 0.6 is 0 Å². The van der Waals surface area contributed by atoms with Crippen LogP contribution in [0.3, 0.4) is 0 Å². The number of hydrogen-bond acceptors (Lipinski definition) is 4. The normalized spacial score (nSPS) is 12.2. The van der Waals surface area contributed by atoms with Crippen molar-refractivity contribution in [3.8, 4) is 112 Å². The summed E-state index contributed by atoms with van der Waals surface area (Å²) in [6, 6.07) is 133. The minimum Gasteiger partial charge on any atom is -0.295 e. The maximum absolute atomic E-state index is 5.49. The fourth-order valence-electron chi connectivity index (χ4n) is 15.5. The highest BCUT2D eigenvalue weighted by atomic mass is 15.3. The highest BCUT2D eigenvalue weighted by Crippen LogP contribution is 2.53. The average molecular weight is 1270 g/mol. The van der Waals surface area contributed by atoms with Crippen LogP contribution in [0, 0.1) is 0 Å². The lowest BCUT2D eigenvalue weighted by atomic mass is 9.94. The molecule has 2 aliphatic rings. The predicted molar refractivity (Wildman–Crippen MR) is 416 cm³/mol. The van der Waals surface area contributed by atoms with Crippen molar-refractivity contribution in [3.63, 3.8) is 0 Å². The molecule has 0 atom stereocenters. The summed E-state index contributed by atoms with van der Waals surface area (Å²) in [4.78, 5) is 15.7. The standard InChI is InChI=1S/C94H60N6/c1-4-22-62(23-5-1)83-52-74(53-84(95-83)63-24-6-2-7-25-63)68-34-21-36-78(50-68)98-91-58-72(46-47-81(91)82-51-69-29-11-13-31-71(69)57-92(82)99-87-39-17-14-32-73(87)59-93(98)99)61-42-44-65(45-43-61)86-55-75(54-85(96-86)64-26-8-3-9-27-64)67-33-20-35-77(49-67)97-88-40-18-15-37-79(88)80-38-16-19-41-89(80)100-90-56-70-30-12-10-28-66(70)48-76(90)60-94(97)100/h1-60H. The lowest BCUT2D eigenvalue weighted by Crippen LogP contribution is -2.13. The number of benzene rings is 14. The van der Waals surface area contributed by atoms with Crippen LogP contribution in [-0.4, -0.2) is 19.1 Å². The molecule has 0 fully saturated rings. The zero-order valence-corrected chi connectivity index (χ0v) is 54.3. The van der Waals surface area contributed by atoms with E-state index in [1.54, 1.807) is 0 Å². The number of aromatic nitrogens is 4. The maximum atomic E-state index is 5.49. The van der Waals surface area contributed by atoms with Crippen molar-refractivity contribution in [3.05, 3.63) is 364 Å². The van der Waals surface area contributed by atoms with Gasteiger partial charge in [0.15, 0.2) is 0 Å². The smallest absolute Gasteiger partial charge is 0.123 e. The van der Waals surface area contributed by atoms with E-state index in [4.69, 9.17) is 9.97 Å². The Labute approximate surface area is 579 Å². The Morgan fingerprint density at radius 3 is 1.17 bits per heavy atom. The van der Waals surface area contributed by atoms with Gasteiger partial charge in [0.05, 0.1) is 56.6 Å². The molecule has 0 radical (unpaired) electrons. The second-order valence-corrected chi connectivity index (χ2v) is 26.2. The van der Waals surface area contributed by atoms with E-state index in [9.17, 15) is 0 Å². The van der Waals surface area contributed by atoms with Crippen LogP contribution in [0.2, 0.25) is 0 Å². The molecule has 6 nitrogen and oxygen atoms in total. The first-order valence-corrected chi connectivity index (χ1v) is 34.2. The Bertz CT molecular complexity index is 6230. The SMILES string of the molecule is c1ccc(-c2cc(-c3cccc(N4c5cc(-c6ccc(-c7cc(-c8cccc(N9c%10ccccc%10-c%10ccccc%10-n%10c9cc9cc%11ccccc%11cc9%10)c8)cc(-c8ccccc8)n7)cc6)ccc5-c5cc6ccccc6cc5-n5c4cc4ccccc45)c3)cc(-c3ccccc3)n2)cc1. The molecule has 0 N–H and O–H groups in total. The molecule has 100 heavy (non-hydrogen) atoms. The number of fused-ring (bicyclic) bond motifs is 16. The molecule has 0 unspecified atom stereocenters. The van der Waals surface area contributed by atoms with Crippen LogP contribution < -0.4 is 9.80 Å². The summed E-state index contributed by atoms with van der Waals surface area (Å²) in [6.07, 6.45) is 0. The van der Waals surface area contributed by atoms with E-state index in [-0.39, 0.29) is 0 Å². The molecule has 0 amide bonds. The van der Waals surface area contributed by atoms with Gasteiger partial charge < -0.3 is 0 Å². The highest BCUT2D eigenvalue weighted by Gasteiger charge is 2.31. The van der Waals surface area contributed by atoms with Crippen LogP contribution in [0.15, 0.2) is 364 Å². The monoisotopic (exact) mass is 1270 g/mol. The number of anilines is 6. The van der Waals surface area contributed by atoms with Crippen molar-refractivity contribution in [2.24, 2.45) is 0 Å². The molecule has 14 aromatic carbocycles. The Morgan fingerprint density at radius 2 is 0.580 bits per heavy atom. The van der Waals surface area contributed by atoms with E-state index < -0.39 is 0 Å². The molecule has 466 valence electrons. The van der Waals surface area contributed by atoms with E-state index in [1.807, 2.05) is 0 Å². The molecule has 4 aromatic heterocycles. The van der Waals surface area contributed by atoms with Crippen molar-refractivity contribution in [2.45, 2.75) is 0 Å². The molecule has 0 saturated carbocycles. The maximum Gasteiger partial charge on any atom is 0.123 e. The van der Waals surface area contributed by atoms with Gasteiger partial charge in [0, 0.05) is 66.7 Å². The summed E-state index contributed by atoms with van der Waals surface area (Å²) in [5, 5.41) is 7.16. The summed E-state index contributed by atoms with van der Waals surface area (Å²) in [5.74, 6) is 2.13.